The van der Waals surface area contributed by atoms with Gasteiger partial charge in [0.15, 0.2) is 5.13 Å². The van der Waals surface area contributed by atoms with Crippen molar-refractivity contribution in [2.24, 2.45) is 4.99 Å². The van der Waals surface area contributed by atoms with E-state index in [0.717, 1.165) is 23.6 Å². The molecule has 3 nitrogen and oxygen atoms in total. The van der Waals surface area contributed by atoms with E-state index >= 15 is 0 Å². The Morgan fingerprint density at radius 3 is 2.74 bits per heavy atom. The Labute approximate surface area is 131 Å². The number of alkyl halides is 3. The average molecular weight is 339 g/mol. The monoisotopic (exact) mass is 339 g/mol. The van der Waals surface area contributed by atoms with Crippen molar-refractivity contribution in [2.45, 2.75) is 12.7 Å². The molecule has 118 valence electrons. The van der Waals surface area contributed by atoms with Crippen LogP contribution in [0.5, 0.6) is 0 Å². The van der Waals surface area contributed by atoms with Crippen LogP contribution in [0.2, 0.25) is 0 Å². The standard InChI is InChI=1S/C15H9F4N3S/c16-12-2-1-11(23-12)13-9-5-8(15(17,18)19)6-21-14(9)22-4-3-20-7-10(13)22/h1-2,5-7H,3-4H2. The molecular formula is C15H9F4N3S. The first kappa shape index (κ1) is 14.4. The summed E-state index contributed by atoms with van der Waals surface area (Å²) >= 11 is 0.896. The fraction of sp³-hybridized carbons (Fsp3) is 0.200. The summed E-state index contributed by atoms with van der Waals surface area (Å²) in [6.07, 6.45) is -2.03. The Hall–Kier alpha value is -2.22. The van der Waals surface area contributed by atoms with Crippen molar-refractivity contribution >= 4 is 28.6 Å². The first-order valence-electron chi connectivity index (χ1n) is 6.80. The molecule has 0 bridgehead atoms. The van der Waals surface area contributed by atoms with E-state index in [0.29, 0.717) is 40.3 Å². The molecule has 1 aliphatic heterocycles. The lowest BCUT2D eigenvalue weighted by atomic mass is 10.1. The Bertz CT molecular complexity index is 936. The lowest BCUT2D eigenvalue weighted by molar-refractivity contribution is -0.137. The molecule has 0 spiro atoms. The summed E-state index contributed by atoms with van der Waals surface area (Å²) in [4.78, 5) is 8.76. The summed E-state index contributed by atoms with van der Waals surface area (Å²) in [7, 11) is 0. The maximum absolute atomic E-state index is 13.4. The normalized spacial score (nSPS) is 14.4. The van der Waals surface area contributed by atoms with Crippen molar-refractivity contribution in [3.63, 3.8) is 0 Å². The summed E-state index contributed by atoms with van der Waals surface area (Å²) in [6.45, 7) is 1.08. The van der Waals surface area contributed by atoms with E-state index in [4.69, 9.17) is 0 Å². The number of halogens is 4. The van der Waals surface area contributed by atoms with Crippen LogP contribution in [0.15, 0.2) is 29.4 Å². The molecule has 0 radical (unpaired) electrons. The van der Waals surface area contributed by atoms with Gasteiger partial charge in [-0.15, -0.1) is 11.3 Å². The topological polar surface area (TPSA) is 30.2 Å². The molecule has 0 amide bonds. The van der Waals surface area contributed by atoms with E-state index in [1.54, 1.807) is 12.3 Å². The Kier molecular flexibility index (Phi) is 3.06. The summed E-state index contributed by atoms with van der Waals surface area (Å²) in [5.41, 5.74) is 0.863. The molecule has 23 heavy (non-hydrogen) atoms. The van der Waals surface area contributed by atoms with Gasteiger partial charge in [0.25, 0.3) is 0 Å². The first-order chi connectivity index (χ1) is 10.9. The SMILES string of the molecule is Fc1ccc(-c2c3n(c4ncc(C(F)(F)F)cc24)CCN=C3)s1. The fourth-order valence-electron chi connectivity index (χ4n) is 2.78. The second-order valence-electron chi connectivity index (χ2n) is 5.14. The first-order valence-corrected chi connectivity index (χ1v) is 7.62. The Balaban J connectivity index is 2.07. The number of fused-ring (bicyclic) bond motifs is 3. The van der Waals surface area contributed by atoms with E-state index in [9.17, 15) is 17.6 Å². The quantitative estimate of drug-likeness (QED) is 0.606. The molecule has 0 unspecified atom stereocenters. The van der Waals surface area contributed by atoms with Crippen LogP contribution in [-0.2, 0) is 12.7 Å². The second-order valence-corrected chi connectivity index (χ2v) is 6.18. The van der Waals surface area contributed by atoms with Crippen LogP contribution >= 0.6 is 11.3 Å². The molecular weight excluding hydrogens is 330 g/mol. The molecule has 3 aromatic heterocycles. The molecule has 0 saturated carbocycles. The summed E-state index contributed by atoms with van der Waals surface area (Å²) in [5, 5.41) is -0.0224. The highest BCUT2D eigenvalue weighted by Gasteiger charge is 2.32. The molecule has 0 saturated heterocycles. The number of rotatable bonds is 1. The van der Waals surface area contributed by atoms with Crippen molar-refractivity contribution in [3.8, 4) is 10.4 Å². The van der Waals surface area contributed by atoms with Crippen molar-refractivity contribution in [2.75, 3.05) is 6.54 Å². The third-order valence-corrected chi connectivity index (χ3v) is 4.64. The highest BCUT2D eigenvalue weighted by Crippen LogP contribution is 2.40. The van der Waals surface area contributed by atoms with Crippen LogP contribution in [-0.4, -0.2) is 22.3 Å². The molecule has 0 aliphatic carbocycles. The van der Waals surface area contributed by atoms with Crippen LogP contribution in [0.3, 0.4) is 0 Å². The van der Waals surface area contributed by atoms with E-state index in [1.807, 2.05) is 4.57 Å². The maximum atomic E-state index is 13.4. The van der Waals surface area contributed by atoms with Gasteiger partial charge in [0.05, 0.1) is 17.8 Å². The summed E-state index contributed by atoms with van der Waals surface area (Å²) in [6, 6.07) is 3.95. The second kappa shape index (κ2) is 4.89. The van der Waals surface area contributed by atoms with Crippen LogP contribution < -0.4 is 0 Å². The van der Waals surface area contributed by atoms with Crippen molar-refractivity contribution < 1.29 is 17.6 Å². The van der Waals surface area contributed by atoms with Crippen LogP contribution in [0.25, 0.3) is 21.5 Å². The van der Waals surface area contributed by atoms with Gasteiger partial charge in [0.1, 0.15) is 5.65 Å². The average Bonchev–Trinajstić information content (AvgIpc) is 3.06. The number of thiophene rings is 1. The molecule has 4 rings (SSSR count). The molecule has 4 heterocycles. The molecule has 0 aromatic carbocycles. The number of nitrogens with zero attached hydrogens (tertiary/aromatic N) is 3. The van der Waals surface area contributed by atoms with Crippen molar-refractivity contribution in [3.05, 3.63) is 40.8 Å². The molecule has 8 heteroatoms. The van der Waals surface area contributed by atoms with Gasteiger partial charge in [-0.1, -0.05) is 0 Å². The van der Waals surface area contributed by atoms with Crippen LogP contribution in [0.1, 0.15) is 11.3 Å². The van der Waals surface area contributed by atoms with Crippen LogP contribution in [0, 0.1) is 5.13 Å². The van der Waals surface area contributed by atoms with Gasteiger partial charge in [-0.25, -0.2) is 4.98 Å². The molecule has 0 N–H and O–H groups in total. The lowest BCUT2D eigenvalue weighted by Gasteiger charge is -2.10. The smallest absolute Gasteiger partial charge is 0.322 e. The summed E-state index contributed by atoms with van der Waals surface area (Å²) in [5.74, 6) is 0. The van der Waals surface area contributed by atoms with Gasteiger partial charge < -0.3 is 4.57 Å². The van der Waals surface area contributed by atoms with E-state index in [2.05, 4.69) is 9.98 Å². The largest absolute Gasteiger partial charge is 0.417 e. The van der Waals surface area contributed by atoms with Crippen molar-refractivity contribution in [1.82, 2.24) is 9.55 Å². The zero-order chi connectivity index (χ0) is 16.2. The number of aliphatic imine (C=N–C) groups is 1. The minimum absolute atomic E-state index is 0.366. The van der Waals surface area contributed by atoms with E-state index in [1.165, 1.54) is 6.07 Å². The molecule has 3 aromatic rings. The van der Waals surface area contributed by atoms with Gasteiger partial charge >= 0.3 is 6.18 Å². The summed E-state index contributed by atoms with van der Waals surface area (Å²) < 4.78 is 54.3. The Morgan fingerprint density at radius 2 is 2.04 bits per heavy atom. The van der Waals surface area contributed by atoms with Crippen molar-refractivity contribution in [1.29, 1.82) is 0 Å². The maximum Gasteiger partial charge on any atom is 0.417 e. The van der Waals surface area contributed by atoms with Gasteiger partial charge in [-0.05, 0) is 18.2 Å². The lowest BCUT2D eigenvalue weighted by Crippen LogP contribution is -2.11. The van der Waals surface area contributed by atoms with Gasteiger partial charge in [-0.3, -0.25) is 4.99 Å². The third kappa shape index (κ3) is 2.24. The van der Waals surface area contributed by atoms with E-state index < -0.39 is 11.7 Å². The third-order valence-electron chi connectivity index (χ3n) is 3.75. The van der Waals surface area contributed by atoms with Gasteiger partial charge in [0, 0.05) is 34.8 Å². The highest BCUT2D eigenvalue weighted by atomic mass is 32.1. The molecule has 0 fully saturated rings. The number of hydrogen-bond acceptors (Lipinski definition) is 3. The number of pyridine rings is 1. The predicted molar refractivity (Wildman–Crippen MR) is 80.5 cm³/mol. The Morgan fingerprint density at radius 1 is 1.22 bits per heavy atom. The highest BCUT2D eigenvalue weighted by molar-refractivity contribution is 7.14. The fourth-order valence-corrected chi connectivity index (χ4v) is 3.57. The minimum atomic E-state index is -4.48. The zero-order valence-electron chi connectivity index (χ0n) is 11.6. The number of aromatic nitrogens is 2. The molecule has 0 atom stereocenters. The van der Waals surface area contributed by atoms with Gasteiger partial charge in [0.2, 0.25) is 0 Å². The molecule has 1 aliphatic rings. The van der Waals surface area contributed by atoms with Crippen LogP contribution in [0.4, 0.5) is 17.6 Å². The van der Waals surface area contributed by atoms with Gasteiger partial charge in [-0.2, -0.15) is 17.6 Å². The minimum Gasteiger partial charge on any atom is -0.322 e. The number of hydrogen-bond donors (Lipinski definition) is 0. The predicted octanol–water partition coefficient (Wildman–Crippen LogP) is 4.36. The zero-order valence-corrected chi connectivity index (χ0v) is 12.4. The van der Waals surface area contributed by atoms with E-state index in [-0.39, 0.29) is 5.13 Å².